The number of thiazole rings is 1. The molecule has 0 amide bonds. The maximum atomic E-state index is 14.0. The number of phenolic OH excluding ortho intramolecular Hbond substituents is 1. The quantitative estimate of drug-likeness (QED) is 0.156. The number of carbonyl (C=O) groups is 1. The summed E-state index contributed by atoms with van der Waals surface area (Å²) in [6, 6.07) is 6.93. The summed E-state index contributed by atoms with van der Waals surface area (Å²) in [5.41, 5.74) is 0.660. The van der Waals surface area contributed by atoms with E-state index in [9.17, 15) is 24.8 Å². The van der Waals surface area contributed by atoms with Gasteiger partial charge in [0, 0.05) is 11.6 Å². The molecular formula is C27H26IN3O8S. The zero-order chi connectivity index (χ0) is 29.1. The number of benzene rings is 2. The minimum atomic E-state index is -0.932. The number of nitrogens with zero attached hydrogens (tertiary/aromatic N) is 3. The zero-order valence-corrected chi connectivity index (χ0v) is 25.1. The predicted octanol–water partition coefficient (Wildman–Crippen LogP) is 3.81. The first kappa shape index (κ1) is 29.3. The molecule has 1 aromatic heterocycles. The van der Waals surface area contributed by atoms with Gasteiger partial charge in [-0.2, -0.15) is 0 Å². The van der Waals surface area contributed by atoms with Crippen LogP contribution in [0.4, 0.5) is 5.69 Å². The second-order valence-electron chi connectivity index (χ2n) is 8.65. The molecule has 1 aliphatic rings. The number of allylic oxidation sites excluding steroid dienone is 1. The van der Waals surface area contributed by atoms with Crippen molar-refractivity contribution in [3.63, 3.8) is 0 Å². The van der Waals surface area contributed by atoms with Crippen molar-refractivity contribution < 1.29 is 29.0 Å². The number of aromatic hydroxyl groups is 1. The highest BCUT2D eigenvalue weighted by Crippen LogP contribution is 2.39. The Bertz CT molecular complexity index is 1710. The summed E-state index contributed by atoms with van der Waals surface area (Å²) in [4.78, 5) is 43.2. The molecule has 210 valence electrons. The number of hydrogen-bond donors (Lipinski definition) is 1. The molecule has 0 spiro atoms. The first-order chi connectivity index (χ1) is 19.1. The number of rotatable bonds is 9. The Morgan fingerprint density at radius 1 is 1.25 bits per heavy atom. The van der Waals surface area contributed by atoms with Gasteiger partial charge in [-0.3, -0.25) is 19.5 Å². The van der Waals surface area contributed by atoms with E-state index >= 15 is 0 Å². The van der Waals surface area contributed by atoms with Crippen molar-refractivity contribution >= 4 is 51.7 Å². The Kier molecular flexibility index (Phi) is 8.93. The van der Waals surface area contributed by atoms with Crippen LogP contribution in [0.5, 0.6) is 17.2 Å². The van der Waals surface area contributed by atoms with E-state index in [0.717, 1.165) is 11.3 Å². The fraction of sp³-hybridized carbons (Fsp3) is 0.296. The summed E-state index contributed by atoms with van der Waals surface area (Å²) in [6.07, 6.45) is 2.66. The first-order valence-electron chi connectivity index (χ1n) is 12.3. The second-order valence-corrected chi connectivity index (χ2v) is 10.8. The van der Waals surface area contributed by atoms with Gasteiger partial charge < -0.3 is 19.3 Å². The van der Waals surface area contributed by atoms with Gasteiger partial charge in [0.05, 0.1) is 45.1 Å². The van der Waals surface area contributed by atoms with E-state index in [2.05, 4.69) is 0 Å². The number of halogens is 1. The molecule has 4 rings (SSSR count). The molecule has 0 saturated carbocycles. The third kappa shape index (κ3) is 5.47. The van der Waals surface area contributed by atoms with Crippen molar-refractivity contribution in [2.45, 2.75) is 32.7 Å². The molecular weight excluding hydrogens is 653 g/mol. The molecule has 40 heavy (non-hydrogen) atoms. The lowest BCUT2D eigenvalue weighted by Gasteiger charge is -2.27. The molecule has 1 atom stereocenters. The van der Waals surface area contributed by atoms with E-state index in [-0.39, 0.29) is 20.3 Å². The van der Waals surface area contributed by atoms with Crippen LogP contribution in [0.1, 0.15) is 43.9 Å². The molecule has 0 saturated heterocycles. The summed E-state index contributed by atoms with van der Waals surface area (Å²) in [7, 11) is 3.01. The number of phenols is 1. The fourth-order valence-corrected chi connectivity index (χ4v) is 6.10. The topological polar surface area (TPSA) is 142 Å². The highest BCUT2D eigenvalue weighted by atomic mass is 127. The Balaban J connectivity index is 2.06. The third-order valence-corrected chi connectivity index (χ3v) is 7.99. The van der Waals surface area contributed by atoms with Crippen molar-refractivity contribution in [2.75, 3.05) is 20.8 Å². The van der Waals surface area contributed by atoms with E-state index in [1.807, 2.05) is 6.92 Å². The summed E-state index contributed by atoms with van der Waals surface area (Å²) in [6.45, 7) is 3.79. The van der Waals surface area contributed by atoms with Gasteiger partial charge in [0.15, 0.2) is 4.80 Å². The highest BCUT2D eigenvalue weighted by Gasteiger charge is 2.36. The van der Waals surface area contributed by atoms with Gasteiger partial charge >= 0.3 is 11.7 Å². The maximum Gasteiger partial charge on any atom is 0.338 e. The number of nitro groups is 1. The summed E-state index contributed by atoms with van der Waals surface area (Å²) < 4.78 is 18.4. The maximum absolute atomic E-state index is 14.0. The number of esters is 1. The molecule has 0 aliphatic carbocycles. The van der Waals surface area contributed by atoms with E-state index < -0.39 is 33.9 Å². The largest absolute Gasteiger partial charge is 0.501 e. The monoisotopic (exact) mass is 679 g/mol. The van der Waals surface area contributed by atoms with Gasteiger partial charge in [0.1, 0.15) is 17.5 Å². The minimum Gasteiger partial charge on any atom is -0.501 e. The number of aromatic nitrogens is 1. The minimum absolute atomic E-state index is 0.131. The second kappa shape index (κ2) is 12.2. The van der Waals surface area contributed by atoms with Crippen LogP contribution in [-0.2, 0) is 9.53 Å². The number of nitro benzene ring substituents is 1. The lowest BCUT2D eigenvalue weighted by Crippen LogP contribution is -2.40. The number of methoxy groups -OCH3 is 2. The molecule has 0 bridgehead atoms. The number of carbonyl (C=O) groups excluding carboxylic acids is 1. The summed E-state index contributed by atoms with van der Waals surface area (Å²) >= 11 is 2.89. The Labute approximate surface area is 246 Å². The van der Waals surface area contributed by atoms with Gasteiger partial charge in [-0.05, 0) is 71.8 Å². The molecule has 13 heteroatoms. The zero-order valence-electron chi connectivity index (χ0n) is 22.1. The van der Waals surface area contributed by atoms with Crippen LogP contribution in [0.15, 0.2) is 51.4 Å². The van der Waals surface area contributed by atoms with E-state index in [4.69, 9.17) is 19.2 Å². The van der Waals surface area contributed by atoms with Crippen LogP contribution in [0.2, 0.25) is 0 Å². The van der Waals surface area contributed by atoms with E-state index in [1.54, 1.807) is 47.7 Å². The van der Waals surface area contributed by atoms with Crippen molar-refractivity contribution in [3.05, 3.63) is 86.1 Å². The smallest absolute Gasteiger partial charge is 0.338 e. The SMILES string of the molecule is CCCC1=C(C(=O)OCC)[C@@H](c2cc(OC)ccc2OC)n2c(s/c(=C\c3cc(I)c(O)c([N+](=O)[O-])c3)c2=O)=N1. The van der Waals surface area contributed by atoms with Crippen molar-refractivity contribution in [1.82, 2.24) is 4.57 Å². The molecule has 2 heterocycles. The predicted molar refractivity (Wildman–Crippen MR) is 157 cm³/mol. The highest BCUT2D eigenvalue weighted by molar-refractivity contribution is 14.1. The third-order valence-electron chi connectivity index (χ3n) is 6.18. The van der Waals surface area contributed by atoms with Crippen LogP contribution in [0, 0.1) is 13.7 Å². The Hall–Kier alpha value is -3.72. The van der Waals surface area contributed by atoms with Crippen LogP contribution < -0.4 is 24.4 Å². The van der Waals surface area contributed by atoms with Crippen LogP contribution in [-0.4, -0.2) is 41.4 Å². The standard InChI is InChI=1S/C27H26IN3O8S/c1-5-7-18-22(26(34)39-6-2)23(16-13-15(37-3)8-9-20(16)38-4)30-25(33)21(40-27(30)29-18)12-14-10-17(28)24(32)19(11-14)31(35)36/h8-13,23,32H,5-7H2,1-4H3/b21-12-/t23-/m1/s1. The van der Waals surface area contributed by atoms with Gasteiger partial charge in [-0.25, -0.2) is 9.79 Å². The van der Waals surface area contributed by atoms with Crippen molar-refractivity contribution in [3.8, 4) is 17.2 Å². The van der Waals surface area contributed by atoms with Gasteiger partial charge in [-0.1, -0.05) is 24.7 Å². The van der Waals surface area contributed by atoms with Gasteiger partial charge in [-0.15, -0.1) is 0 Å². The summed E-state index contributed by atoms with van der Waals surface area (Å²) in [5.74, 6) is -0.107. The summed E-state index contributed by atoms with van der Waals surface area (Å²) in [5, 5.41) is 21.5. The van der Waals surface area contributed by atoms with E-state index in [0.29, 0.717) is 46.0 Å². The molecule has 1 N–H and O–H groups in total. The Morgan fingerprint density at radius 3 is 2.62 bits per heavy atom. The fourth-order valence-electron chi connectivity index (χ4n) is 4.45. The van der Waals surface area contributed by atoms with Crippen LogP contribution >= 0.6 is 33.9 Å². The lowest BCUT2D eigenvalue weighted by molar-refractivity contribution is -0.386. The van der Waals surface area contributed by atoms with E-state index in [1.165, 1.54) is 37.0 Å². The molecule has 11 nitrogen and oxygen atoms in total. The number of fused-ring (bicyclic) bond motifs is 1. The molecule has 0 radical (unpaired) electrons. The number of ether oxygens (including phenoxy) is 3. The van der Waals surface area contributed by atoms with Gasteiger partial charge in [0.2, 0.25) is 5.75 Å². The number of hydrogen-bond acceptors (Lipinski definition) is 10. The van der Waals surface area contributed by atoms with Crippen molar-refractivity contribution in [2.24, 2.45) is 4.99 Å². The van der Waals surface area contributed by atoms with Crippen LogP contribution in [0.3, 0.4) is 0 Å². The lowest BCUT2D eigenvalue weighted by atomic mass is 9.93. The first-order valence-corrected chi connectivity index (χ1v) is 14.1. The molecule has 0 unspecified atom stereocenters. The molecule has 2 aromatic carbocycles. The average molecular weight is 679 g/mol. The molecule has 1 aliphatic heterocycles. The Morgan fingerprint density at radius 2 is 2.00 bits per heavy atom. The van der Waals surface area contributed by atoms with Crippen molar-refractivity contribution in [1.29, 1.82) is 0 Å². The molecule has 0 fully saturated rings. The van der Waals surface area contributed by atoms with Crippen LogP contribution in [0.25, 0.3) is 6.08 Å². The average Bonchev–Trinajstić information content (AvgIpc) is 3.23. The normalized spacial score (nSPS) is 14.9. The molecule has 3 aromatic rings. The van der Waals surface area contributed by atoms with Gasteiger partial charge in [0.25, 0.3) is 5.56 Å².